The molecule has 43 heavy (non-hydrogen) atoms. The molecular weight excluding hydrogens is 567 g/mol. The zero-order valence-corrected chi connectivity index (χ0v) is 25.4. The number of rotatable bonds is 7. The summed E-state index contributed by atoms with van der Waals surface area (Å²) in [6.45, 7) is 8.55. The van der Waals surface area contributed by atoms with Crippen LogP contribution in [0.1, 0.15) is 100 Å². The number of aryl methyl sites for hydroxylation is 1. The largest absolute Gasteiger partial charge is 0.490 e. The van der Waals surface area contributed by atoms with Gasteiger partial charge in [0.05, 0.1) is 12.3 Å². The molecule has 1 spiro atoms. The molecule has 1 saturated carbocycles. The number of aliphatic carboxylic acids is 1. The number of carbonyl (C=O) groups is 3. The van der Waals surface area contributed by atoms with Crippen molar-refractivity contribution in [1.82, 2.24) is 14.7 Å². The van der Waals surface area contributed by atoms with Crippen LogP contribution in [0.2, 0.25) is 0 Å². The topological polar surface area (TPSA) is 104 Å². The molecule has 1 atom stereocenters. The minimum atomic E-state index is -5.08. The van der Waals surface area contributed by atoms with Crippen molar-refractivity contribution in [2.75, 3.05) is 32.7 Å². The first-order valence-electron chi connectivity index (χ1n) is 15.8. The Morgan fingerprint density at radius 2 is 1.67 bits per heavy atom. The normalized spacial score (nSPS) is 23.7. The van der Waals surface area contributed by atoms with Crippen molar-refractivity contribution in [3.63, 3.8) is 0 Å². The van der Waals surface area contributed by atoms with Crippen molar-refractivity contribution >= 4 is 18.0 Å². The van der Waals surface area contributed by atoms with Crippen LogP contribution in [0.25, 0.3) is 0 Å². The molecule has 3 saturated heterocycles. The van der Waals surface area contributed by atoms with E-state index in [-0.39, 0.29) is 23.6 Å². The Labute approximate surface area is 251 Å². The Bertz CT molecular complexity index is 1090. The summed E-state index contributed by atoms with van der Waals surface area (Å²) in [7, 11) is 0. The van der Waals surface area contributed by atoms with Crippen LogP contribution in [0.15, 0.2) is 16.7 Å². The van der Waals surface area contributed by atoms with Crippen LogP contribution in [0.3, 0.4) is 0 Å². The van der Waals surface area contributed by atoms with Crippen LogP contribution >= 0.6 is 0 Å². The number of likely N-dealkylation sites (tertiary alicyclic amines) is 2. The molecular formula is C31H46F3N3O6. The quantitative estimate of drug-likeness (QED) is 0.388. The van der Waals surface area contributed by atoms with Gasteiger partial charge in [-0.15, -0.1) is 0 Å². The number of carboxylic acid groups (broad SMARTS) is 1. The average Bonchev–Trinajstić information content (AvgIpc) is 3.52. The van der Waals surface area contributed by atoms with Gasteiger partial charge in [-0.1, -0.05) is 39.0 Å². The molecule has 4 aliphatic rings. The minimum Gasteiger partial charge on any atom is -0.475 e. The van der Waals surface area contributed by atoms with E-state index in [0.29, 0.717) is 17.7 Å². The summed E-state index contributed by atoms with van der Waals surface area (Å²) in [6, 6.07) is 2.57. The number of carboxylic acids is 1. The number of hydrogen-bond acceptors (Lipinski definition) is 6. The van der Waals surface area contributed by atoms with Gasteiger partial charge in [-0.05, 0) is 51.0 Å². The Morgan fingerprint density at radius 1 is 1.05 bits per heavy atom. The van der Waals surface area contributed by atoms with E-state index in [1.165, 1.54) is 32.1 Å². The maximum atomic E-state index is 13.1. The standard InChI is InChI=1S/C29H45N3O4.C2HF3O2/c1-3-4-10-25-29(36-28(34)32(25)21-23-8-6-5-7-9-23)14-18-30(19-15-29)24-11-16-31(17-12-24)27(33)26-22(2)13-20-35-26;3-2(4,5)1(6)7/h13,20,23-25H,3-12,14-19,21H2,1-2H3;(H,6,7). The molecule has 0 bridgehead atoms. The van der Waals surface area contributed by atoms with Crippen LogP contribution in [-0.4, -0.2) is 94.4 Å². The number of alkyl halides is 3. The molecule has 1 N–H and O–H groups in total. The lowest BCUT2D eigenvalue weighted by Crippen LogP contribution is -2.56. The van der Waals surface area contributed by atoms with Gasteiger partial charge in [0.1, 0.15) is 5.60 Å². The number of halogens is 3. The van der Waals surface area contributed by atoms with Crippen LogP contribution in [0, 0.1) is 12.8 Å². The third kappa shape index (κ3) is 8.05. The first-order valence-corrected chi connectivity index (χ1v) is 15.8. The minimum absolute atomic E-state index is 0.0169. The predicted molar refractivity (Wildman–Crippen MR) is 153 cm³/mol. The first-order chi connectivity index (χ1) is 20.4. The highest BCUT2D eigenvalue weighted by atomic mass is 19.4. The van der Waals surface area contributed by atoms with Gasteiger partial charge in [0, 0.05) is 57.2 Å². The second-order valence-electron chi connectivity index (χ2n) is 12.5. The number of carbonyl (C=O) groups excluding carboxylic acids is 2. The lowest BCUT2D eigenvalue weighted by atomic mass is 9.80. The summed E-state index contributed by atoms with van der Waals surface area (Å²) < 4.78 is 43.5. The van der Waals surface area contributed by atoms with Gasteiger partial charge in [0.25, 0.3) is 5.91 Å². The molecule has 4 heterocycles. The van der Waals surface area contributed by atoms with Crippen molar-refractivity contribution in [3.05, 3.63) is 23.7 Å². The fraction of sp³-hybridized carbons (Fsp3) is 0.774. The average molecular weight is 614 g/mol. The second-order valence-corrected chi connectivity index (χ2v) is 12.5. The van der Waals surface area contributed by atoms with Gasteiger partial charge in [-0.2, -0.15) is 13.2 Å². The van der Waals surface area contributed by atoms with Gasteiger partial charge in [-0.3, -0.25) is 9.69 Å². The third-order valence-corrected chi connectivity index (χ3v) is 9.73. The van der Waals surface area contributed by atoms with Crippen LogP contribution in [0.5, 0.6) is 0 Å². The van der Waals surface area contributed by atoms with E-state index in [0.717, 1.165) is 83.2 Å². The first kappa shape index (κ1) is 33.1. The number of nitrogens with zero attached hydrogens (tertiary/aromatic N) is 3. The molecule has 1 unspecified atom stereocenters. The van der Waals surface area contributed by atoms with Gasteiger partial charge >= 0.3 is 18.2 Å². The van der Waals surface area contributed by atoms with Crippen LogP contribution in [0.4, 0.5) is 18.0 Å². The highest BCUT2D eigenvalue weighted by Gasteiger charge is 2.55. The summed E-state index contributed by atoms with van der Waals surface area (Å²) in [5.74, 6) is -1.62. The van der Waals surface area contributed by atoms with Gasteiger partial charge in [0.2, 0.25) is 0 Å². The SMILES string of the molecule is CCCCC1N(CC2CCCCC2)C(=O)OC12CCN(C1CCN(C(=O)c3occc3C)CC1)CC2.O=C(O)C(F)(F)F. The smallest absolute Gasteiger partial charge is 0.475 e. The van der Waals surface area contributed by atoms with E-state index in [1.807, 2.05) is 17.9 Å². The van der Waals surface area contributed by atoms with E-state index in [4.69, 9.17) is 19.1 Å². The molecule has 0 radical (unpaired) electrons. The molecule has 242 valence electrons. The number of furan rings is 1. The zero-order chi connectivity index (χ0) is 31.2. The lowest BCUT2D eigenvalue weighted by Gasteiger charge is -2.46. The molecule has 1 aromatic rings. The fourth-order valence-electron chi connectivity index (χ4n) is 7.25. The number of ether oxygens (including phenoxy) is 1. The number of unbranched alkanes of at least 4 members (excludes halogenated alkanes) is 1. The maximum absolute atomic E-state index is 13.1. The summed E-state index contributed by atoms with van der Waals surface area (Å²) in [6.07, 6.45) is 10.1. The summed E-state index contributed by atoms with van der Waals surface area (Å²) >= 11 is 0. The summed E-state index contributed by atoms with van der Waals surface area (Å²) in [4.78, 5) is 41.5. The number of hydrogen-bond donors (Lipinski definition) is 1. The zero-order valence-electron chi connectivity index (χ0n) is 25.4. The molecule has 1 aliphatic carbocycles. The predicted octanol–water partition coefficient (Wildman–Crippen LogP) is 6.25. The Morgan fingerprint density at radius 3 is 2.21 bits per heavy atom. The molecule has 0 aromatic carbocycles. The highest BCUT2D eigenvalue weighted by Crippen LogP contribution is 2.43. The van der Waals surface area contributed by atoms with Crippen molar-refractivity contribution in [2.24, 2.45) is 5.92 Å². The van der Waals surface area contributed by atoms with Crippen LogP contribution < -0.4 is 0 Å². The van der Waals surface area contributed by atoms with Crippen molar-refractivity contribution in [2.45, 2.75) is 115 Å². The molecule has 2 amide bonds. The van der Waals surface area contributed by atoms with E-state index < -0.39 is 12.1 Å². The molecule has 3 aliphatic heterocycles. The Balaban J connectivity index is 0.000000541. The number of piperidine rings is 2. The maximum Gasteiger partial charge on any atom is 0.490 e. The third-order valence-electron chi connectivity index (χ3n) is 9.73. The monoisotopic (exact) mass is 613 g/mol. The van der Waals surface area contributed by atoms with Crippen molar-refractivity contribution < 1.29 is 41.8 Å². The molecule has 9 nitrogen and oxygen atoms in total. The second kappa shape index (κ2) is 14.3. The molecule has 5 rings (SSSR count). The summed E-state index contributed by atoms with van der Waals surface area (Å²) in [5.41, 5.74) is 0.593. The van der Waals surface area contributed by atoms with E-state index >= 15 is 0 Å². The molecule has 4 fully saturated rings. The van der Waals surface area contributed by atoms with Crippen LogP contribution in [-0.2, 0) is 9.53 Å². The Kier molecular flexibility index (Phi) is 11.1. The van der Waals surface area contributed by atoms with Gasteiger partial charge in [0.15, 0.2) is 5.76 Å². The lowest BCUT2D eigenvalue weighted by molar-refractivity contribution is -0.192. The Hall–Kier alpha value is -2.76. The fourth-order valence-corrected chi connectivity index (χ4v) is 7.25. The molecule has 12 heteroatoms. The van der Waals surface area contributed by atoms with Gasteiger partial charge < -0.3 is 24.1 Å². The van der Waals surface area contributed by atoms with E-state index in [1.54, 1.807) is 6.26 Å². The van der Waals surface area contributed by atoms with Crippen molar-refractivity contribution in [1.29, 1.82) is 0 Å². The highest BCUT2D eigenvalue weighted by molar-refractivity contribution is 5.92. The number of amides is 2. The van der Waals surface area contributed by atoms with Gasteiger partial charge in [-0.25, -0.2) is 9.59 Å². The van der Waals surface area contributed by atoms with Crippen molar-refractivity contribution in [3.8, 4) is 0 Å². The summed E-state index contributed by atoms with van der Waals surface area (Å²) in [5, 5.41) is 7.12. The van der Waals surface area contributed by atoms with E-state index in [2.05, 4.69) is 16.7 Å². The van der Waals surface area contributed by atoms with E-state index in [9.17, 15) is 22.8 Å². The molecule has 1 aromatic heterocycles.